The third-order valence-corrected chi connectivity index (χ3v) is 6.74. The zero-order valence-electron chi connectivity index (χ0n) is 19.0. The van der Waals surface area contributed by atoms with Crippen LogP contribution in [0, 0.1) is 5.82 Å². The quantitative estimate of drug-likeness (QED) is 0.532. The number of carbonyl (C=O) groups excluding carboxylic acids is 1. The molecule has 1 atom stereocenters. The molecule has 0 radical (unpaired) electrons. The zero-order chi connectivity index (χ0) is 23.2. The van der Waals surface area contributed by atoms with Crippen molar-refractivity contribution in [2.45, 2.75) is 6.04 Å². The molecule has 2 amide bonds. The summed E-state index contributed by atoms with van der Waals surface area (Å²) in [6.45, 7) is 3.91. The van der Waals surface area contributed by atoms with Gasteiger partial charge in [-0.3, -0.25) is 10.2 Å². The van der Waals surface area contributed by atoms with Crippen LogP contribution in [0.1, 0.15) is 11.6 Å². The summed E-state index contributed by atoms with van der Waals surface area (Å²) in [7, 11) is 4.05. The molecule has 8 heteroatoms. The number of hydrogen-bond acceptors (Lipinski definition) is 5. The summed E-state index contributed by atoms with van der Waals surface area (Å²) in [5, 5.41) is 8.71. The highest BCUT2D eigenvalue weighted by Crippen LogP contribution is 2.26. The maximum Gasteiger partial charge on any atom is 0.319 e. The number of urea groups is 1. The van der Waals surface area contributed by atoms with Crippen molar-refractivity contribution in [3.05, 3.63) is 77.4 Å². The Hall–Kier alpha value is -3.10. The summed E-state index contributed by atoms with van der Waals surface area (Å²) in [4.78, 5) is 19.2. The number of hydrogen-bond donors (Lipinski definition) is 2. The van der Waals surface area contributed by atoms with Crippen LogP contribution in [0.5, 0.6) is 0 Å². The number of amides is 2. The van der Waals surface area contributed by atoms with Crippen LogP contribution in [0.2, 0.25) is 0 Å². The van der Waals surface area contributed by atoms with E-state index in [9.17, 15) is 9.18 Å². The Morgan fingerprint density at radius 1 is 1.03 bits per heavy atom. The molecule has 3 aromatic rings. The van der Waals surface area contributed by atoms with E-state index in [1.165, 1.54) is 29.0 Å². The van der Waals surface area contributed by atoms with Crippen LogP contribution in [-0.4, -0.2) is 57.8 Å². The minimum Gasteiger partial charge on any atom is -0.378 e. The van der Waals surface area contributed by atoms with Gasteiger partial charge in [0.05, 0.1) is 11.0 Å². The van der Waals surface area contributed by atoms with Crippen LogP contribution < -0.4 is 20.4 Å². The summed E-state index contributed by atoms with van der Waals surface area (Å²) >= 11 is 1.50. The van der Waals surface area contributed by atoms with Gasteiger partial charge in [0, 0.05) is 58.2 Å². The number of anilines is 3. The van der Waals surface area contributed by atoms with Crippen molar-refractivity contribution < 1.29 is 9.18 Å². The summed E-state index contributed by atoms with van der Waals surface area (Å²) in [6, 6.07) is 18.9. The highest BCUT2D eigenvalue weighted by Gasteiger charge is 2.26. The Labute approximate surface area is 198 Å². The summed E-state index contributed by atoms with van der Waals surface area (Å²) in [5.41, 5.74) is 3.35. The van der Waals surface area contributed by atoms with Crippen molar-refractivity contribution >= 4 is 33.7 Å². The monoisotopic (exact) mass is 467 g/mol. The molecule has 1 aliphatic rings. The first-order valence-electron chi connectivity index (χ1n) is 11.1. The summed E-state index contributed by atoms with van der Waals surface area (Å²) in [6.07, 6.45) is 0. The maximum atomic E-state index is 13.3. The van der Waals surface area contributed by atoms with Crippen LogP contribution in [0.15, 0.2) is 66.0 Å². The fourth-order valence-electron chi connectivity index (χ4n) is 4.09. The molecule has 1 unspecified atom stereocenters. The molecule has 0 bridgehead atoms. The van der Waals surface area contributed by atoms with Gasteiger partial charge in [-0.15, -0.1) is 11.3 Å². The second kappa shape index (κ2) is 10.7. The zero-order valence-corrected chi connectivity index (χ0v) is 19.8. The third-order valence-electron chi connectivity index (χ3n) is 5.95. The first-order chi connectivity index (χ1) is 16.0. The first kappa shape index (κ1) is 23.1. The van der Waals surface area contributed by atoms with Gasteiger partial charge in [-0.25, -0.2) is 9.18 Å². The van der Waals surface area contributed by atoms with Crippen LogP contribution >= 0.6 is 11.3 Å². The highest BCUT2D eigenvalue weighted by molar-refractivity contribution is 7.14. The molecule has 2 N–H and O–H groups in total. The molecule has 2 heterocycles. The smallest absolute Gasteiger partial charge is 0.319 e. The van der Waals surface area contributed by atoms with E-state index in [0.29, 0.717) is 6.54 Å². The lowest BCUT2D eigenvalue weighted by Crippen LogP contribution is -2.50. The standard InChI is InChI=1S/C25H30FN5OS/c1-29(2)21-9-5-19(6-10-21)23(18-27-25(32)28-24-4-3-17-33-24)31-15-13-30(14-16-31)22-11-7-20(26)8-12-22/h3-12,17,23H,13-16,18H2,1-2H3,(H2,27,28,32). The van der Waals surface area contributed by atoms with Gasteiger partial charge >= 0.3 is 6.03 Å². The Bertz CT molecular complexity index is 1020. The lowest BCUT2D eigenvalue weighted by molar-refractivity contribution is 0.182. The second-order valence-corrected chi connectivity index (χ2v) is 9.26. The average molecular weight is 468 g/mol. The molecule has 1 fully saturated rings. The van der Waals surface area contributed by atoms with E-state index in [1.807, 2.05) is 43.7 Å². The number of thiophene rings is 1. The fraction of sp³-hybridized carbons (Fsp3) is 0.320. The normalized spacial score (nSPS) is 15.2. The molecule has 6 nitrogen and oxygen atoms in total. The third kappa shape index (κ3) is 6.03. The van der Waals surface area contributed by atoms with E-state index in [1.54, 1.807) is 0 Å². The Morgan fingerprint density at radius 2 is 1.73 bits per heavy atom. The Morgan fingerprint density at radius 3 is 2.33 bits per heavy atom. The van der Waals surface area contributed by atoms with Gasteiger partial charge in [-0.1, -0.05) is 12.1 Å². The van der Waals surface area contributed by atoms with Crippen LogP contribution in [0.4, 0.5) is 25.6 Å². The van der Waals surface area contributed by atoms with E-state index < -0.39 is 0 Å². The SMILES string of the molecule is CN(C)c1ccc(C(CNC(=O)Nc2cccs2)N2CCN(c3ccc(F)cc3)CC2)cc1. The topological polar surface area (TPSA) is 50.9 Å². The number of rotatable bonds is 7. The molecular weight excluding hydrogens is 437 g/mol. The van der Waals surface area contributed by atoms with E-state index >= 15 is 0 Å². The number of halogens is 1. The number of piperazine rings is 1. The van der Waals surface area contributed by atoms with Gasteiger partial charge in [-0.05, 0) is 59.5 Å². The molecule has 0 saturated carbocycles. The molecule has 33 heavy (non-hydrogen) atoms. The molecule has 4 rings (SSSR count). The molecular formula is C25H30FN5OS. The summed E-state index contributed by atoms with van der Waals surface area (Å²) < 4.78 is 13.3. The predicted octanol–water partition coefficient (Wildman–Crippen LogP) is 4.64. The van der Waals surface area contributed by atoms with Crippen LogP contribution in [-0.2, 0) is 0 Å². The van der Waals surface area contributed by atoms with Gasteiger partial charge in [0.2, 0.25) is 0 Å². The number of nitrogens with zero attached hydrogens (tertiary/aromatic N) is 3. The molecule has 1 aliphatic heterocycles. The minimum absolute atomic E-state index is 0.0608. The molecule has 1 aromatic heterocycles. The average Bonchev–Trinajstić information content (AvgIpc) is 3.33. The molecule has 0 spiro atoms. The van der Waals surface area contributed by atoms with Crippen molar-refractivity contribution in [2.75, 3.05) is 61.9 Å². The number of benzene rings is 2. The van der Waals surface area contributed by atoms with Gasteiger partial charge in [0.25, 0.3) is 0 Å². The van der Waals surface area contributed by atoms with Crippen molar-refractivity contribution in [1.82, 2.24) is 10.2 Å². The van der Waals surface area contributed by atoms with Crippen molar-refractivity contribution in [1.29, 1.82) is 0 Å². The molecule has 174 valence electrons. The molecule has 1 saturated heterocycles. The van der Waals surface area contributed by atoms with Crippen molar-refractivity contribution in [3.63, 3.8) is 0 Å². The van der Waals surface area contributed by atoms with Gasteiger partial charge in [-0.2, -0.15) is 0 Å². The van der Waals surface area contributed by atoms with Crippen LogP contribution in [0.3, 0.4) is 0 Å². The molecule has 0 aliphatic carbocycles. The van der Waals surface area contributed by atoms with E-state index in [4.69, 9.17) is 0 Å². The van der Waals surface area contributed by atoms with Gasteiger partial charge < -0.3 is 15.1 Å². The highest BCUT2D eigenvalue weighted by atomic mass is 32.1. The lowest BCUT2D eigenvalue weighted by Gasteiger charge is -2.40. The van der Waals surface area contributed by atoms with E-state index in [0.717, 1.165) is 42.6 Å². The minimum atomic E-state index is -0.217. The Kier molecular flexibility index (Phi) is 7.47. The van der Waals surface area contributed by atoms with Gasteiger partial charge in [0.1, 0.15) is 5.82 Å². The van der Waals surface area contributed by atoms with Gasteiger partial charge in [0.15, 0.2) is 0 Å². The first-order valence-corrected chi connectivity index (χ1v) is 12.0. The van der Waals surface area contributed by atoms with E-state index in [2.05, 4.69) is 49.6 Å². The van der Waals surface area contributed by atoms with E-state index in [-0.39, 0.29) is 17.9 Å². The predicted molar refractivity (Wildman–Crippen MR) is 135 cm³/mol. The van der Waals surface area contributed by atoms with Crippen molar-refractivity contribution in [2.24, 2.45) is 0 Å². The second-order valence-electron chi connectivity index (χ2n) is 8.31. The Balaban J connectivity index is 1.44. The van der Waals surface area contributed by atoms with Crippen LogP contribution in [0.25, 0.3) is 0 Å². The summed E-state index contributed by atoms with van der Waals surface area (Å²) in [5.74, 6) is -0.217. The largest absolute Gasteiger partial charge is 0.378 e. The number of carbonyl (C=O) groups is 1. The lowest BCUT2D eigenvalue weighted by atomic mass is 10.0. The fourth-order valence-corrected chi connectivity index (χ4v) is 4.70. The number of nitrogens with one attached hydrogen (secondary N) is 2. The molecule has 2 aromatic carbocycles. The van der Waals surface area contributed by atoms with Crippen molar-refractivity contribution in [3.8, 4) is 0 Å². The maximum absolute atomic E-state index is 13.3.